The van der Waals surface area contributed by atoms with Crippen LogP contribution in [0.25, 0.3) is 0 Å². The molecule has 5 nitrogen and oxygen atoms in total. The zero-order valence-corrected chi connectivity index (χ0v) is 17.7. The molecule has 0 aromatic heterocycles. The topological polar surface area (TPSA) is 44.8 Å². The highest BCUT2D eigenvalue weighted by molar-refractivity contribution is 6.33. The number of hydrogen-bond acceptors (Lipinski definition) is 4. The molecule has 1 N–H and O–H groups in total. The third-order valence-corrected chi connectivity index (χ3v) is 5.43. The minimum Gasteiger partial charge on any atom is -0.483 e. The van der Waals surface area contributed by atoms with Gasteiger partial charge in [-0.3, -0.25) is 4.79 Å². The zero-order valence-electron chi connectivity index (χ0n) is 16.2. The lowest BCUT2D eigenvalue weighted by molar-refractivity contribution is -0.118. The maximum Gasteiger partial charge on any atom is 0.262 e. The average Bonchev–Trinajstić information content (AvgIpc) is 2.67. The number of nitrogens with one attached hydrogen (secondary N) is 1. The number of likely N-dealkylation sites (N-methyl/N-ethyl adjacent to an activating group) is 1. The van der Waals surface area contributed by atoms with Crippen LogP contribution in [0.2, 0.25) is 10.0 Å². The molecule has 1 heterocycles. The normalized spacial score (nSPS) is 14.8. The number of ether oxygens (including phenoxy) is 1. The van der Waals surface area contributed by atoms with Crippen molar-refractivity contribution in [1.82, 2.24) is 4.90 Å². The molecule has 1 amide bonds. The van der Waals surface area contributed by atoms with Gasteiger partial charge in [-0.25, -0.2) is 0 Å². The highest BCUT2D eigenvalue weighted by Crippen LogP contribution is 2.29. The van der Waals surface area contributed by atoms with Crippen LogP contribution < -0.4 is 15.0 Å². The molecule has 1 saturated heterocycles. The summed E-state index contributed by atoms with van der Waals surface area (Å²) < 4.78 is 5.58. The Bertz CT molecular complexity index is 836. The van der Waals surface area contributed by atoms with Crippen molar-refractivity contribution in [3.8, 4) is 5.75 Å². The Morgan fingerprint density at radius 1 is 1.11 bits per heavy atom. The first-order valence-electron chi connectivity index (χ1n) is 9.42. The third kappa shape index (κ3) is 5.31. The lowest BCUT2D eigenvalue weighted by Gasteiger charge is -2.36. The van der Waals surface area contributed by atoms with E-state index in [0.29, 0.717) is 21.5 Å². The van der Waals surface area contributed by atoms with Crippen molar-refractivity contribution in [2.75, 3.05) is 49.5 Å². The average molecular weight is 422 g/mol. The Labute approximate surface area is 176 Å². The quantitative estimate of drug-likeness (QED) is 0.747. The number of benzene rings is 2. The van der Waals surface area contributed by atoms with Crippen LogP contribution in [0, 0.1) is 6.92 Å². The van der Waals surface area contributed by atoms with Gasteiger partial charge in [-0.1, -0.05) is 30.1 Å². The molecular weight excluding hydrogens is 397 g/mol. The van der Waals surface area contributed by atoms with Gasteiger partial charge in [-0.15, -0.1) is 0 Å². The largest absolute Gasteiger partial charge is 0.483 e. The van der Waals surface area contributed by atoms with Crippen LogP contribution in [0.1, 0.15) is 12.5 Å². The van der Waals surface area contributed by atoms with Crippen molar-refractivity contribution < 1.29 is 9.53 Å². The molecule has 2 aromatic rings. The third-order valence-electron chi connectivity index (χ3n) is 4.89. The Morgan fingerprint density at radius 2 is 1.86 bits per heavy atom. The minimum atomic E-state index is -0.241. The lowest BCUT2D eigenvalue weighted by Crippen LogP contribution is -2.46. The second kappa shape index (κ2) is 9.50. The second-order valence-electron chi connectivity index (χ2n) is 6.83. The van der Waals surface area contributed by atoms with Crippen LogP contribution in [0.15, 0.2) is 36.4 Å². The zero-order chi connectivity index (χ0) is 20.1. The van der Waals surface area contributed by atoms with Gasteiger partial charge in [0.1, 0.15) is 5.75 Å². The molecular formula is C21H25Cl2N3O2. The van der Waals surface area contributed by atoms with Crippen LogP contribution in [-0.2, 0) is 4.79 Å². The summed E-state index contributed by atoms with van der Waals surface area (Å²) >= 11 is 12.4. The van der Waals surface area contributed by atoms with Crippen LogP contribution >= 0.6 is 23.2 Å². The van der Waals surface area contributed by atoms with E-state index in [-0.39, 0.29) is 12.5 Å². The summed E-state index contributed by atoms with van der Waals surface area (Å²) in [5, 5.41) is 4.10. The highest BCUT2D eigenvalue weighted by atomic mass is 35.5. The van der Waals surface area contributed by atoms with Gasteiger partial charge >= 0.3 is 0 Å². The van der Waals surface area contributed by atoms with E-state index in [0.717, 1.165) is 44.0 Å². The molecule has 0 bridgehead atoms. The molecule has 0 aliphatic carbocycles. The summed E-state index contributed by atoms with van der Waals surface area (Å²) in [5.41, 5.74) is 2.54. The van der Waals surface area contributed by atoms with Gasteiger partial charge in [-0.05, 0) is 55.4 Å². The standard InChI is InChI=1S/C21H25Cl2N3O2/c1-3-25-8-10-26(11-9-25)19-6-5-17(13-18(19)23)24-21(27)14-28-20-7-4-16(22)12-15(20)2/h4-7,12-13H,3,8-11,14H2,1-2H3,(H,24,27). The fourth-order valence-electron chi connectivity index (χ4n) is 3.26. The molecule has 0 radical (unpaired) electrons. The first kappa shape index (κ1) is 20.8. The predicted octanol–water partition coefficient (Wildman–Crippen LogP) is 4.46. The number of anilines is 2. The van der Waals surface area contributed by atoms with Crippen molar-refractivity contribution in [2.24, 2.45) is 0 Å². The minimum absolute atomic E-state index is 0.0825. The first-order chi connectivity index (χ1) is 13.5. The van der Waals surface area contributed by atoms with Gasteiger partial charge in [0, 0.05) is 36.9 Å². The first-order valence-corrected chi connectivity index (χ1v) is 10.2. The fraction of sp³-hybridized carbons (Fsp3) is 0.381. The van der Waals surface area contributed by atoms with Gasteiger partial charge < -0.3 is 19.9 Å². The number of rotatable bonds is 6. The van der Waals surface area contributed by atoms with E-state index in [4.69, 9.17) is 27.9 Å². The van der Waals surface area contributed by atoms with Gasteiger partial charge in [-0.2, -0.15) is 0 Å². The lowest BCUT2D eigenvalue weighted by atomic mass is 10.2. The van der Waals surface area contributed by atoms with E-state index in [1.165, 1.54) is 0 Å². The maximum absolute atomic E-state index is 12.2. The van der Waals surface area contributed by atoms with Crippen molar-refractivity contribution in [3.63, 3.8) is 0 Å². The summed E-state index contributed by atoms with van der Waals surface area (Å²) in [6.45, 7) is 9.03. The maximum atomic E-state index is 12.2. The van der Waals surface area contributed by atoms with Crippen molar-refractivity contribution in [1.29, 1.82) is 0 Å². The number of amides is 1. The summed E-state index contributed by atoms with van der Waals surface area (Å²) in [4.78, 5) is 16.9. The molecule has 1 fully saturated rings. The van der Waals surface area contributed by atoms with E-state index in [1.807, 2.05) is 19.1 Å². The molecule has 0 saturated carbocycles. The Morgan fingerprint density at radius 3 is 2.50 bits per heavy atom. The monoisotopic (exact) mass is 421 g/mol. The van der Waals surface area contributed by atoms with Gasteiger partial charge in [0.25, 0.3) is 5.91 Å². The van der Waals surface area contributed by atoms with Gasteiger partial charge in [0.2, 0.25) is 0 Å². The summed E-state index contributed by atoms with van der Waals surface area (Å²) in [6, 6.07) is 10.9. The van der Waals surface area contributed by atoms with E-state index in [2.05, 4.69) is 22.0 Å². The molecule has 0 unspecified atom stereocenters. The van der Waals surface area contributed by atoms with Crippen LogP contribution in [-0.4, -0.2) is 50.1 Å². The number of carbonyl (C=O) groups excluding carboxylic acids is 1. The van der Waals surface area contributed by atoms with Crippen molar-refractivity contribution in [2.45, 2.75) is 13.8 Å². The van der Waals surface area contributed by atoms with E-state index in [1.54, 1.807) is 24.3 Å². The van der Waals surface area contributed by atoms with E-state index in [9.17, 15) is 4.79 Å². The number of aryl methyl sites for hydroxylation is 1. The molecule has 2 aromatic carbocycles. The van der Waals surface area contributed by atoms with Crippen LogP contribution in [0.5, 0.6) is 5.75 Å². The molecule has 28 heavy (non-hydrogen) atoms. The van der Waals surface area contributed by atoms with Gasteiger partial charge in [0.05, 0.1) is 10.7 Å². The Kier molecular flexibility index (Phi) is 7.05. The molecule has 0 atom stereocenters. The summed E-state index contributed by atoms with van der Waals surface area (Å²) in [5.74, 6) is 0.397. The molecule has 1 aliphatic heterocycles. The molecule has 7 heteroatoms. The number of halogens is 2. The number of hydrogen-bond donors (Lipinski definition) is 1. The van der Waals surface area contributed by atoms with Crippen molar-refractivity contribution >= 4 is 40.5 Å². The highest BCUT2D eigenvalue weighted by Gasteiger charge is 2.18. The molecule has 0 spiro atoms. The van der Waals surface area contributed by atoms with Gasteiger partial charge in [0.15, 0.2) is 6.61 Å². The number of carbonyl (C=O) groups is 1. The Balaban J connectivity index is 1.55. The second-order valence-corrected chi connectivity index (χ2v) is 7.68. The molecule has 1 aliphatic rings. The van der Waals surface area contributed by atoms with E-state index < -0.39 is 0 Å². The van der Waals surface area contributed by atoms with Crippen LogP contribution in [0.3, 0.4) is 0 Å². The number of nitrogens with zero attached hydrogens (tertiary/aromatic N) is 2. The summed E-state index contributed by atoms with van der Waals surface area (Å²) in [7, 11) is 0. The van der Waals surface area contributed by atoms with E-state index >= 15 is 0 Å². The molecule has 3 rings (SSSR count). The molecule has 150 valence electrons. The smallest absolute Gasteiger partial charge is 0.262 e. The van der Waals surface area contributed by atoms with Crippen molar-refractivity contribution in [3.05, 3.63) is 52.0 Å². The fourth-order valence-corrected chi connectivity index (χ4v) is 3.79. The Hall–Kier alpha value is -1.95. The van der Waals surface area contributed by atoms with Crippen LogP contribution in [0.4, 0.5) is 11.4 Å². The number of piperazine rings is 1. The SMILES string of the molecule is CCN1CCN(c2ccc(NC(=O)COc3ccc(Cl)cc3C)cc2Cl)CC1. The predicted molar refractivity (Wildman–Crippen MR) is 116 cm³/mol. The summed E-state index contributed by atoms with van der Waals surface area (Å²) in [6.07, 6.45) is 0.